The van der Waals surface area contributed by atoms with E-state index in [4.69, 9.17) is 0 Å². The molecule has 0 unspecified atom stereocenters. The Morgan fingerprint density at radius 1 is 1.31 bits per heavy atom. The van der Waals surface area contributed by atoms with Crippen LogP contribution in [0.3, 0.4) is 0 Å². The fourth-order valence-electron chi connectivity index (χ4n) is 2.06. The lowest BCUT2D eigenvalue weighted by molar-refractivity contribution is -0.117. The number of anilines is 1. The van der Waals surface area contributed by atoms with Crippen LogP contribution >= 0.6 is 0 Å². The molecule has 2 rings (SSSR count). The summed E-state index contributed by atoms with van der Waals surface area (Å²) >= 11 is 0. The van der Waals surface area contributed by atoms with Gasteiger partial charge in [0.25, 0.3) is 0 Å². The molecule has 0 bridgehead atoms. The number of amides is 1. The third-order valence-electron chi connectivity index (χ3n) is 2.96. The van der Waals surface area contributed by atoms with Crippen LogP contribution in [0.5, 0.6) is 0 Å². The number of nitrogens with zero attached hydrogens (tertiary/aromatic N) is 3. The summed E-state index contributed by atoms with van der Waals surface area (Å²) in [6, 6.07) is 4.03. The van der Waals surface area contributed by atoms with Crippen molar-refractivity contribution in [1.29, 1.82) is 0 Å². The number of hydrogen-bond acceptors (Lipinski definition) is 3. The molecule has 1 aliphatic heterocycles. The van der Waals surface area contributed by atoms with Gasteiger partial charge in [0.15, 0.2) is 0 Å². The maximum Gasteiger partial charge on any atom is 0.209 e. The Morgan fingerprint density at radius 2 is 2.19 bits per heavy atom. The van der Waals surface area contributed by atoms with E-state index in [1.807, 2.05) is 17.2 Å². The summed E-state index contributed by atoms with van der Waals surface area (Å²) < 4.78 is 0. The smallest absolute Gasteiger partial charge is 0.209 e. The summed E-state index contributed by atoms with van der Waals surface area (Å²) in [4.78, 5) is 19.2. The minimum atomic E-state index is 0.791. The fraction of sp³-hybridized carbons (Fsp3) is 0.500. The van der Waals surface area contributed by atoms with Crippen LogP contribution in [-0.4, -0.2) is 42.5 Å². The molecule has 0 saturated carbocycles. The van der Waals surface area contributed by atoms with E-state index in [2.05, 4.69) is 22.9 Å². The topological polar surface area (TPSA) is 36.4 Å². The van der Waals surface area contributed by atoms with Crippen molar-refractivity contribution in [3.63, 3.8) is 0 Å². The van der Waals surface area contributed by atoms with Crippen LogP contribution in [0.15, 0.2) is 18.3 Å². The highest BCUT2D eigenvalue weighted by molar-refractivity contribution is 5.49. The molecule has 0 radical (unpaired) electrons. The fourth-order valence-corrected chi connectivity index (χ4v) is 2.06. The molecule has 0 N–H and O–H groups in total. The van der Waals surface area contributed by atoms with Crippen LogP contribution in [0.4, 0.5) is 5.82 Å². The Labute approximate surface area is 95.9 Å². The van der Waals surface area contributed by atoms with E-state index >= 15 is 0 Å². The molecule has 16 heavy (non-hydrogen) atoms. The molecule has 86 valence electrons. The highest BCUT2D eigenvalue weighted by Crippen LogP contribution is 2.17. The second-order valence-corrected chi connectivity index (χ2v) is 4.13. The van der Waals surface area contributed by atoms with E-state index in [-0.39, 0.29) is 0 Å². The SMILES string of the molecule is Cc1cccnc1N1CCCN(C=O)CC1. The molecule has 1 aromatic rings. The molecule has 0 atom stereocenters. The van der Waals surface area contributed by atoms with Crippen molar-refractivity contribution in [3.8, 4) is 0 Å². The number of pyridine rings is 1. The molecule has 0 aliphatic carbocycles. The van der Waals surface area contributed by atoms with E-state index in [0.29, 0.717) is 0 Å². The van der Waals surface area contributed by atoms with Gasteiger partial charge in [-0.05, 0) is 25.0 Å². The molecular formula is C12H17N3O. The molecule has 1 aromatic heterocycles. The molecule has 4 nitrogen and oxygen atoms in total. The van der Waals surface area contributed by atoms with Crippen LogP contribution in [-0.2, 0) is 4.79 Å². The third kappa shape index (κ3) is 2.32. The van der Waals surface area contributed by atoms with Gasteiger partial charge in [-0.25, -0.2) is 4.98 Å². The summed E-state index contributed by atoms with van der Waals surface area (Å²) in [5.74, 6) is 1.05. The summed E-state index contributed by atoms with van der Waals surface area (Å²) in [6.07, 6.45) is 3.77. The average molecular weight is 219 g/mol. The standard InChI is InChI=1S/C12H17N3O/c1-11-4-2-5-13-12(11)15-7-3-6-14(10-16)8-9-15/h2,4-5,10H,3,6-9H2,1H3. The Bertz CT molecular complexity index is 367. The molecule has 1 saturated heterocycles. The van der Waals surface area contributed by atoms with Crippen LogP contribution in [0.2, 0.25) is 0 Å². The van der Waals surface area contributed by atoms with Crippen molar-refractivity contribution in [3.05, 3.63) is 23.9 Å². The largest absolute Gasteiger partial charge is 0.355 e. The first-order valence-corrected chi connectivity index (χ1v) is 5.67. The second kappa shape index (κ2) is 4.96. The lowest BCUT2D eigenvalue weighted by Crippen LogP contribution is -2.30. The Kier molecular flexibility index (Phi) is 3.39. The predicted molar refractivity (Wildman–Crippen MR) is 63.4 cm³/mol. The van der Waals surface area contributed by atoms with Crippen molar-refractivity contribution in [2.75, 3.05) is 31.1 Å². The number of aryl methyl sites for hydroxylation is 1. The van der Waals surface area contributed by atoms with Gasteiger partial charge >= 0.3 is 0 Å². The second-order valence-electron chi connectivity index (χ2n) is 4.13. The van der Waals surface area contributed by atoms with Gasteiger partial charge in [-0.2, -0.15) is 0 Å². The Morgan fingerprint density at radius 3 is 2.94 bits per heavy atom. The van der Waals surface area contributed by atoms with Crippen LogP contribution in [0.25, 0.3) is 0 Å². The van der Waals surface area contributed by atoms with Crippen molar-refractivity contribution in [2.24, 2.45) is 0 Å². The molecule has 1 aliphatic rings. The van der Waals surface area contributed by atoms with Gasteiger partial charge in [0.1, 0.15) is 5.82 Å². The van der Waals surface area contributed by atoms with E-state index in [1.165, 1.54) is 5.56 Å². The zero-order chi connectivity index (χ0) is 11.4. The first-order valence-electron chi connectivity index (χ1n) is 5.67. The quantitative estimate of drug-likeness (QED) is 0.698. The average Bonchev–Trinajstić information content (AvgIpc) is 2.55. The van der Waals surface area contributed by atoms with Gasteiger partial charge in [0.05, 0.1) is 0 Å². The molecule has 0 spiro atoms. The van der Waals surface area contributed by atoms with Crippen molar-refractivity contribution < 1.29 is 4.79 Å². The van der Waals surface area contributed by atoms with Gasteiger partial charge in [-0.3, -0.25) is 4.79 Å². The van der Waals surface area contributed by atoms with Crippen molar-refractivity contribution >= 4 is 12.2 Å². The number of carbonyl (C=O) groups excluding carboxylic acids is 1. The summed E-state index contributed by atoms with van der Waals surface area (Å²) in [7, 11) is 0. The van der Waals surface area contributed by atoms with E-state index in [0.717, 1.165) is 44.8 Å². The minimum absolute atomic E-state index is 0.791. The zero-order valence-electron chi connectivity index (χ0n) is 9.59. The van der Waals surface area contributed by atoms with Crippen LogP contribution in [0.1, 0.15) is 12.0 Å². The number of aromatic nitrogens is 1. The Balaban J connectivity index is 2.10. The van der Waals surface area contributed by atoms with Gasteiger partial charge in [-0.15, -0.1) is 0 Å². The first-order chi connectivity index (χ1) is 7.81. The van der Waals surface area contributed by atoms with Gasteiger partial charge in [0.2, 0.25) is 6.41 Å². The van der Waals surface area contributed by atoms with Crippen LogP contribution in [0, 0.1) is 6.92 Å². The normalized spacial score (nSPS) is 17.1. The van der Waals surface area contributed by atoms with Gasteiger partial charge in [0, 0.05) is 32.4 Å². The highest BCUT2D eigenvalue weighted by atomic mass is 16.1. The highest BCUT2D eigenvalue weighted by Gasteiger charge is 2.15. The lowest BCUT2D eigenvalue weighted by atomic mass is 10.2. The molecule has 1 fully saturated rings. The zero-order valence-corrected chi connectivity index (χ0v) is 9.59. The van der Waals surface area contributed by atoms with Gasteiger partial charge < -0.3 is 9.80 Å². The number of rotatable bonds is 2. The van der Waals surface area contributed by atoms with E-state index in [1.54, 1.807) is 0 Å². The van der Waals surface area contributed by atoms with E-state index < -0.39 is 0 Å². The maximum absolute atomic E-state index is 10.7. The van der Waals surface area contributed by atoms with E-state index in [9.17, 15) is 4.79 Å². The molecular weight excluding hydrogens is 202 g/mol. The van der Waals surface area contributed by atoms with Crippen molar-refractivity contribution in [2.45, 2.75) is 13.3 Å². The first kappa shape index (κ1) is 10.9. The van der Waals surface area contributed by atoms with Crippen LogP contribution < -0.4 is 4.90 Å². The maximum atomic E-state index is 10.7. The number of hydrogen-bond donors (Lipinski definition) is 0. The molecule has 2 heterocycles. The van der Waals surface area contributed by atoms with Crippen molar-refractivity contribution in [1.82, 2.24) is 9.88 Å². The molecule has 4 heteroatoms. The Hall–Kier alpha value is -1.58. The number of carbonyl (C=O) groups is 1. The summed E-state index contributed by atoms with van der Waals surface area (Å²) in [6.45, 7) is 5.56. The minimum Gasteiger partial charge on any atom is -0.355 e. The molecule has 0 aromatic carbocycles. The summed E-state index contributed by atoms with van der Waals surface area (Å²) in [5.41, 5.74) is 1.20. The monoisotopic (exact) mass is 219 g/mol. The predicted octanol–water partition coefficient (Wildman–Crippen LogP) is 1.06. The third-order valence-corrected chi connectivity index (χ3v) is 2.96. The van der Waals surface area contributed by atoms with Gasteiger partial charge in [-0.1, -0.05) is 6.07 Å². The summed E-state index contributed by atoms with van der Waals surface area (Å²) in [5, 5.41) is 0. The lowest BCUT2D eigenvalue weighted by Gasteiger charge is -2.22. The molecule has 1 amide bonds.